The molecule has 0 aliphatic carbocycles. The minimum atomic E-state index is -0.450. The Morgan fingerprint density at radius 3 is 2.83 bits per heavy atom. The molecule has 0 aromatic heterocycles. The van der Waals surface area contributed by atoms with Gasteiger partial charge in [0.2, 0.25) is 5.91 Å². The summed E-state index contributed by atoms with van der Waals surface area (Å²) in [4.78, 5) is 15.1. The van der Waals surface area contributed by atoms with E-state index < -0.39 is 5.91 Å². The molecule has 1 rings (SSSR count). The van der Waals surface area contributed by atoms with Crippen molar-refractivity contribution in [2.75, 3.05) is 0 Å². The minimum Gasteiger partial charge on any atom is -0.366 e. The lowest BCUT2D eigenvalue weighted by atomic mass is 10.1. The van der Waals surface area contributed by atoms with E-state index in [0.29, 0.717) is 5.56 Å². The summed E-state index contributed by atoms with van der Waals surface area (Å²) in [5.41, 5.74) is 6.36. The molecule has 0 saturated carbocycles. The van der Waals surface area contributed by atoms with E-state index in [4.69, 9.17) is 11.6 Å². The van der Waals surface area contributed by atoms with Gasteiger partial charge in [-0.3, -0.25) is 9.63 Å². The molecular formula is C8H10N2O2. The van der Waals surface area contributed by atoms with E-state index in [0.717, 1.165) is 5.56 Å². The summed E-state index contributed by atoms with van der Waals surface area (Å²) < 4.78 is 0. The molecule has 0 fully saturated rings. The summed E-state index contributed by atoms with van der Waals surface area (Å²) >= 11 is 0. The van der Waals surface area contributed by atoms with Gasteiger partial charge in [-0.2, -0.15) is 0 Å². The van der Waals surface area contributed by atoms with Crippen LogP contribution in [-0.2, 0) is 11.4 Å². The van der Waals surface area contributed by atoms with Gasteiger partial charge in [0.1, 0.15) is 0 Å². The molecule has 1 aromatic rings. The molecule has 0 aliphatic rings. The van der Waals surface area contributed by atoms with Crippen molar-refractivity contribution in [1.29, 1.82) is 0 Å². The lowest BCUT2D eigenvalue weighted by Gasteiger charge is -2.00. The van der Waals surface area contributed by atoms with Crippen LogP contribution in [0.15, 0.2) is 24.3 Å². The molecule has 0 spiro atoms. The molecule has 1 amide bonds. The third-order valence-electron chi connectivity index (χ3n) is 1.46. The Morgan fingerprint density at radius 1 is 1.50 bits per heavy atom. The van der Waals surface area contributed by atoms with Crippen molar-refractivity contribution in [2.24, 2.45) is 11.6 Å². The topological polar surface area (TPSA) is 78.3 Å². The van der Waals surface area contributed by atoms with Gasteiger partial charge in [-0.05, 0) is 17.7 Å². The third-order valence-corrected chi connectivity index (χ3v) is 1.46. The molecule has 4 nitrogen and oxygen atoms in total. The van der Waals surface area contributed by atoms with Crippen LogP contribution in [0, 0.1) is 0 Å². The van der Waals surface area contributed by atoms with Crippen LogP contribution in [0.2, 0.25) is 0 Å². The van der Waals surface area contributed by atoms with Crippen molar-refractivity contribution >= 4 is 5.91 Å². The van der Waals surface area contributed by atoms with Crippen LogP contribution in [0.25, 0.3) is 0 Å². The predicted molar refractivity (Wildman–Crippen MR) is 43.9 cm³/mol. The second-order valence-electron chi connectivity index (χ2n) is 2.38. The van der Waals surface area contributed by atoms with Crippen LogP contribution in [-0.4, -0.2) is 5.91 Å². The second kappa shape index (κ2) is 3.85. The van der Waals surface area contributed by atoms with Crippen molar-refractivity contribution in [3.8, 4) is 0 Å². The largest absolute Gasteiger partial charge is 0.366 e. The maximum absolute atomic E-state index is 10.7. The predicted octanol–water partition coefficient (Wildman–Crippen LogP) is 0.176. The normalized spacial score (nSPS) is 9.75. The zero-order valence-corrected chi connectivity index (χ0v) is 6.49. The van der Waals surface area contributed by atoms with E-state index in [1.54, 1.807) is 24.3 Å². The number of hydrogen-bond donors (Lipinski definition) is 2. The Labute approximate surface area is 70.1 Å². The number of carbonyl (C=O) groups is 1. The second-order valence-corrected chi connectivity index (χ2v) is 2.38. The van der Waals surface area contributed by atoms with Gasteiger partial charge in [-0.25, -0.2) is 5.90 Å². The Bertz CT molecular complexity index is 286. The highest BCUT2D eigenvalue weighted by atomic mass is 16.6. The fourth-order valence-electron chi connectivity index (χ4n) is 0.911. The monoisotopic (exact) mass is 166 g/mol. The van der Waals surface area contributed by atoms with Gasteiger partial charge in [0, 0.05) is 5.56 Å². The number of benzene rings is 1. The minimum absolute atomic E-state index is 0.279. The van der Waals surface area contributed by atoms with E-state index >= 15 is 0 Å². The molecule has 0 unspecified atom stereocenters. The number of primary amides is 1. The van der Waals surface area contributed by atoms with E-state index in [2.05, 4.69) is 4.84 Å². The first-order valence-electron chi connectivity index (χ1n) is 3.44. The fraction of sp³-hybridized carbons (Fsp3) is 0.125. The summed E-state index contributed by atoms with van der Waals surface area (Å²) in [6.45, 7) is 0.279. The zero-order valence-electron chi connectivity index (χ0n) is 6.49. The molecule has 12 heavy (non-hydrogen) atoms. The maximum atomic E-state index is 10.7. The molecule has 4 N–H and O–H groups in total. The number of rotatable bonds is 3. The van der Waals surface area contributed by atoms with Crippen molar-refractivity contribution in [2.45, 2.75) is 6.61 Å². The van der Waals surface area contributed by atoms with Gasteiger partial charge in [0.15, 0.2) is 0 Å². The van der Waals surface area contributed by atoms with Crippen LogP contribution in [0.5, 0.6) is 0 Å². The first kappa shape index (κ1) is 8.70. The van der Waals surface area contributed by atoms with Crippen LogP contribution in [0.1, 0.15) is 15.9 Å². The molecule has 0 bridgehead atoms. The molecule has 1 aromatic carbocycles. The smallest absolute Gasteiger partial charge is 0.248 e. The molecule has 0 aliphatic heterocycles. The van der Waals surface area contributed by atoms with Crippen LogP contribution < -0.4 is 11.6 Å². The molecule has 64 valence electrons. The molecule has 4 heteroatoms. The summed E-state index contributed by atoms with van der Waals surface area (Å²) in [6.07, 6.45) is 0. The summed E-state index contributed by atoms with van der Waals surface area (Å²) in [6, 6.07) is 6.82. The van der Waals surface area contributed by atoms with Gasteiger partial charge in [-0.15, -0.1) is 0 Å². The zero-order chi connectivity index (χ0) is 8.97. The van der Waals surface area contributed by atoms with Crippen LogP contribution in [0.3, 0.4) is 0 Å². The van der Waals surface area contributed by atoms with Crippen molar-refractivity contribution in [3.63, 3.8) is 0 Å². The summed E-state index contributed by atoms with van der Waals surface area (Å²) in [5.74, 6) is 4.42. The summed E-state index contributed by atoms with van der Waals surface area (Å²) in [7, 11) is 0. The van der Waals surface area contributed by atoms with Crippen molar-refractivity contribution in [1.82, 2.24) is 0 Å². The SMILES string of the molecule is NOCc1cccc(C(N)=O)c1. The number of carbonyl (C=O) groups excluding carboxylic acids is 1. The highest BCUT2D eigenvalue weighted by Crippen LogP contribution is 2.04. The molecule has 0 heterocycles. The quantitative estimate of drug-likeness (QED) is 0.628. The Kier molecular flexibility index (Phi) is 2.79. The van der Waals surface area contributed by atoms with E-state index in [9.17, 15) is 4.79 Å². The van der Waals surface area contributed by atoms with E-state index in [1.165, 1.54) is 0 Å². The van der Waals surface area contributed by atoms with E-state index in [1.807, 2.05) is 0 Å². The lowest BCUT2D eigenvalue weighted by molar-refractivity contribution is 0.0999. The highest BCUT2D eigenvalue weighted by Gasteiger charge is 2.00. The molecule has 0 radical (unpaired) electrons. The van der Waals surface area contributed by atoms with Crippen LogP contribution in [0.4, 0.5) is 0 Å². The average molecular weight is 166 g/mol. The van der Waals surface area contributed by atoms with Gasteiger partial charge in [0.25, 0.3) is 0 Å². The molecular weight excluding hydrogens is 156 g/mol. The fourth-order valence-corrected chi connectivity index (χ4v) is 0.911. The summed E-state index contributed by atoms with van der Waals surface area (Å²) in [5, 5.41) is 0. The van der Waals surface area contributed by atoms with Gasteiger partial charge < -0.3 is 5.73 Å². The first-order chi connectivity index (χ1) is 5.74. The Balaban J connectivity index is 2.88. The van der Waals surface area contributed by atoms with Gasteiger partial charge in [0.05, 0.1) is 6.61 Å². The Hall–Kier alpha value is -1.39. The Morgan fingerprint density at radius 2 is 2.25 bits per heavy atom. The van der Waals surface area contributed by atoms with Crippen molar-refractivity contribution < 1.29 is 9.63 Å². The number of hydrogen-bond acceptors (Lipinski definition) is 3. The van der Waals surface area contributed by atoms with Crippen molar-refractivity contribution in [3.05, 3.63) is 35.4 Å². The number of amides is 1. The average Bonchev–Trinajstić information content (AvgIpc) is 2.05. The van der Waals surface area contributed by atoms with E-state index in [-0.39, 0.29) is 6.61 Å². The van der Waals surface area contributed by atoms with Gasteiger partial charge >= 0.3 is 0 Å². The highest BCUT2D eigenvalue weighted by molar-refractivity contribution is 5.92. The molecule has 0 atom stereocenters. The lowest BCUT2D eigenvalue weighted by Crippen LogP contribution is -2.11. The maximum Gasteiger partial charge on any atom is 0.248 e. The first-order valence-corrected chi connectivity index (χ1v) is 3.44. The molecule has 0 saturated heterocycles. The third kappa shape index (κ3) is 2.05. The van der Waals surface area contributed by atoms with Gasteiger partial charge in [-0.1, -0.05) is 12.1 Å². The number of nitrogens with two attached hydrogens (primary N) is 2. The van der Waals surface area contributed by atoms with Crippen LogP contribution >= 0.6 is 0 Å². The standard InChI is InChI=1S/C8H10N2O2/c9-8(11)7-3-1-2-6(4-7)5-12-10/h1-4H,5,10H2,(H2,9,11).